The molecule has 2 aliphatic carbocycles. The number of hydrogen-bond acceptors (Lipinski definition) is 3. The predicted molar refractivity (Wildman–Crippen MR) is 102 cm³/mol. The Morgan fingerprint density at radius 1 is 1.31 bits per heavy atom. The minimum Gasteiger partial charge on any atom is -0.377 e. The molecule has 0 bridgehead atoms. The zero-order chi connectivity index (χ0) is 18.3. The smallest absolute Gasteiger partial charge is 0.225 e. The van der Waals surface area contributed by atoms with Gasteiger partial charge in [0.15, 0.2) is 5.96 Å². The van der Waals surface area contributed by atoms with Crippen molar-refractivity contribution >= 4 is 11.9 Å². The van der Waals surface area contributed by atoms with Crippen LogP contribution in [0, 0.1) is 17.3 Å². The molecule has 4 rings (SSSR count). The molecule has 26 heavy (non-hydrogen) atoms. The summed E-state index contributed by atoms with van der Waals surface area (Å²) in [6.45, 7) is 9.34. The highest BCUT2D eigenvalue weighted by molar-refractivity contribution is 5.81. The number of likely N-dealkylation sites (tertiary alicyclic amines) is 1. The molecule has 2 saturated carbocycles. The van der Waals surface area contributed by atoms with Gasteiger partial charge in [-0.05, 0) is 32.6 Å². The highest BCUT2D eigenvalue weighted by Gasteiger charge is 2.66. The molecule has 0 aromatic carbocycles. The molecule has 4 atom stereocenters. The van der Waals surface area contributed by atoms with E-state index in [1.54, 1.807) is 0 Å². The third kappa shape index (κ3) is 2.90. The Hall–Kier alpha value is -1.30. The molecule has 2 N–H and O–H groups in total. The Bertz CT molecular complexity index is 572. The number of nitrogens with zero attached hydrogens (tertiary/aromatic N) is 2. The van der Waals surface area contributed by atoms with Gasteiger partial charge in [-0.3, -0.25) is 9.79 Å². The van der Waals surface area contributed by atoms with Crippen molar-refractivity contribution in [3.8, 4) is 0 Å². The molecule has 6 heteroatoms. The Morgan fingerprint density at radius 3 is 2.77 bits per heavy atom. The maximum absolute atomic E-state index is 12.2. The van der Waals surface area contributed by atoms with Gasteiger partial charge in [0.1, 0.15) is 0 Å². The van der Waals surface area contributed by atoms with Crippen LogP contribution in [0.25, 0.3) is 0 Å². The molecule has 146 valence electrons. The van der Waals surface area contributed by atoms with Crippen LogP contribution in [0.5, 0.6) is 0 Å². The Morgan fingerprint density at radius 2 is 2.12 bits per heavy atom. The summed E-state index contributed by atoms with van der Waals surface area (Å²) < 4.78 is 6.03. The lowest BCUT2D eigenvalue weighted by molar-refractivity contribution is -0.171. The summed E-state index contributed by atoms with van der Waals surface area (Å²) in [6, 6.07) is 0.792. The zero-order valence-electron chi connectivity index (χ0n) is 16.5. The normalized spacial score (nSPS) is 35.2. The second kappa shape index (κ2) is 7.02. The van der Waals surface area contributed by atoms with Crippen LogP contribution in [0.3, 0.4) is 0 Å². The van der Waals surface area contributed by atoms with Gasteiger partial charge in [-0.2, -0.15) is 0 Å². The molecule has 6 nitrogen and oxygen atoms in total. The van der Waals surface area contributed by atoms with Gasteiger partial charge in [-0.25, -0.2) is 0 Å². The number of ether oxygens (including phenoxy) is 1. The van der Waals surface area contributed by atoms with Crippen molar-refractivity contribution in [2.75, 3.05) is 26.2 Å². The maximum Gasteiger partial charge on any atom is 0.225 e. The summed E-state index contributed by atoms with van der Waals surface area (Å²) in [5, 5.41) is 7.38. The molecule has 1 amide bonds. The van der Waals surface area contributed by atoms with Crippen molar-refractivity contribution in [3.63, 3.8) is 0 Å². The van der Waals surface area contributed by atoms with Crippen LogP contribution < -0.4 is 10.6 Å². The molecule has 2 heterocycles. The Labute approximate surface area is 157 Å². The third-order valence-electron chi connectivity index (χ3n) is 6.98. The SMILES string of the molecule is CCN=C(NC1CCN(C(=O)C(C)C)C1)NC1C2CCOC2C12CCC2. The number of carbonyl (C=O) groups is 1. The highest BCUT2D eigenvalue weighted by atomic mass is 16.5. The highest BCUT2D eigenvalue weighted by Crippen LogP contribution is 2.62. The number of nitrogens with one attached hydrogen (secondary N) is 2. The summed E-state index contributed by atoms with van der Waals surface area (Å²) in [5.74, 6) is 1.90. The fourth-order valence-corrected chi connectivity index (χ4v) is 5.53. The molecule has 4 unspecified atom stereocenters. The van der Waals surface area contributed by atoms with Crippen LogP contribution >= 0.6 is 0 Å². The number of aliphatic imine (C=N–C) groups is 1. The molecule has 0 aromatic heterocycles. The zero-order valence-corrected chi connectivity index (χ0v) is 16.5. The number of fused-ring (bicyclic) bond motifs is 2. The summed E-state index contributed by atoms with van der Waals surface area (Å²) >= 11 is 0. The first kappa shape index (κ1) is 18.1. The first-order chi connectivity index (χ1) is 12.5. The van der Waals surface area contributed by atoms with Crippen molar-refractivity contribution in [1.29, 1.82) is 0 Å². The number of carbonyl (C=O) groups excluding carboxylic acids is 1. The molecule has 0 aromatic rings. The van der Waals surface area contributed by atoms with Crippen molar-refractivity contribution in [2.24, 2.45) is 22.2 Å². The molecule has 2 aliphatic heterocycles. The maximum atomic E-state index is 12.2. The summed E-state index contributed by atoms with van der Waals surface area (Å²) in [5.41, 5.74) is 0.354. The lowest BCUT2D eigenvalue weighted by atomic mass is 9.46. The monoisotopic (exact) mass is 362 g/mol. The number of rotatable bonds is 4. The predicted octanol–water partition coefficient (Wildman–Crippen LogP) is 1.76. The minimum atomic E-state index is 0.0726. The number of hydrogen-bond donors (Lipinski definition) is 2. The number of guanidine groups is 1. The van der Waals surface area contributed by atoms with Crippen LogP contribution in [0.2, 0.25) is 0 Å². The summed E-state index contributed by atoms with van der Waals surface area (Å²) in [4.78, 5) is 18.9. The van der Waals surface area contributed by atoms with E-state index in [1.807, 2.05) is 18.7 Å². The Kier molecular flexibility index (Phi) is 4.88. The van der Waals surface area contributed by atoms with Gasteiger partial charge in [-0.1, -0.05) is 20.3 Å². The average molecular weight is 363 g/mol. The van der Waals surface area contributed by atoms with E-state index in [9.17, 15) is 4.79 Å². The van der Waals surface area contributed by atoms with Crippen LogP contribution in [0.4, 0.5) is 0 Å². The second-order valence-electron chi connectivity index (χ2n) is 8.84. The van der Waals surface area contributed by atoms with Crippen molar-refractivity contribution in [3.05, 3.63) is 0 Å². The lowest BCUT2D eigenvalue weighted by Crippen LogP contribution is -2.72. The van der Waals surface area contributed by atoms with E-state index >= 15 is 0 Å². The topological polar surface area (TPSA) is 66.0 Å². The molecule has 1 spiro atoms. The minimum absolute atomic E-state index is 0.0726. The quantitative estimate of drug-likeness (QED) is 0.591. The van der Waals surface area contributed by atoms with Crippen LogP contribution in [0.15, 0.2) is 4.99 Å². The fourth-order valence-electron chi connectivity index (χ4n) is 5.53. The van der Waals surface area contributed by atoms with Gasteiger partial charge < -0.3 is 20.3 Å². The van der Waals surface area contributed by atoms with E-state index in [1.165, 1.54) is 25.7 Å². The average Bonchev–Trinajstić information content (AvgIpc) is 3.18. The van der Waals surface area contributed by atoms with Crippen molar-refractivity contribution in [1.82, 2.24) is 15.5 Å². The van der Waals surface area contributed by atoms with E-state index in [0.717, 1.165) is 38.6 Å². The van der Waals surface area contributed by atoms with Crippen molar-refractivity contribution < 1.29 is 9.53 Å². The van der Waals surface area contributed by atoms with Gasteiger partial charge in [0.25, 0.3) is 0 Å². The van der Waals surface area contributed by atoms with Crippen molar-refractivity contribution in [2.45, 2.75) is 71.1 Å². The van der Waals surface area contributed by atoms with Gasteiger partial charge in [-0.15, -0.1) is 0 Å². The van der Waals surface area contributed by atoms with E-state index in [2.05, 4.69) is 17.6 Å². The van der Waals surface area contributed by atoms with E-state index in [-0.39, 0.29) is 11.8 Å². The largest absolute Gasteiger partial charge is 0.377 e. The van der Waals surface area contributed by atoms with Crippen LogP contribution in [-0.2, 0) is 9.53 Å². The van der Waals surface area contributed by atoms with Crippen LogP contribution in [-0.4, -0.2) is 61.2 Å². The standard InChI is InChI=1S/C20H34N4O2/c1-4-21-19(22-14-6-10-24(12-14)18(25)13(2)3)23-16-15-7-11-26-17(15)20(16)8-5-9-20/h13-17H,4-12H2,1-3H3,(H2,21,22,23). The first-order valence-corrected chi connectivity index (χ1v) is 10.5. The number of amides is 1. The van der Waals surface area contributed by atoms with Gasteiger partial charge in [0, 0.05) is 55.6 Å². The molecule has 4 aliphatic rings. The summed E-state index contributed by atoms with van der Waals surface area (Å²) in [6.07, 6.45) is 6.53. The summed E-state index contributed by atoms with van der Waals surface area (Å²) in [7, 11) is 0. The molecular formula is C20H34N4O2. The van der Waals surface area contributed by atoms with Gasteiger partial charge in [0.05, 0.1) is 6.10 Å². The third-order valence-corrected chi connectivity index (χ3v) is 6.98. The Balaban J connectivity index is 1.37. The molecule has 4 fully saturated rings. The van der Waals surface area contributed by atoms with Crippen LogP contribution in [0.1, 0.15) is 52.9 Å². The molecule has 0 radical (unpaired) electrons. The lowest BCUT2D eigenvalue weighted by Gasteiger charge is -2.63. The van der Waals surface area contributed by atoms with E-state index in [0.29, 0.717) is 29.5 Å². The second-order valence-corrected chi connectivity index (χ2v) is 8.84. The van der Waals surface area contributed by atoms with Gasteiger partial charge >= 0.3 is 0 Å². The molecular weight excluding hydrogens is 328 g/mol. The first-order valence-electron chi connectivity index (χ1n) is 10.5. The fraction of sp³-hybridized carbons (Fsp3) is 0.900. The van der Waals surface area contributed by atoms with E-state index in [4.69, 9.17) is 9.73 Å². The molecule has 2 saturated heterocycles. The van der Waals surface area contributed by atoms with Gasteiger partial charge in [0.2, 0.25) is 5.91 Å². The van der Waals surface area contributed by atoms with E-state index < -0.39 is 0 Å².